The number of benzene rings is 4. The molecule has 4 aromatic carbocycles. The minimum Gasteiger partial charge on any atom is -0.354 e. The van der Waals surface area contributed by atoms with Crippen molar-refractivity contribution in [1.82, 2.24) is 10.2 Å². The van der Waals surface area contributed by atoms with Crippen molar-refractivity contribution in [1.29, 1.82) is 0 Å². The van der Waals surface area contributed by atoms with Crippen LogP contribution in [-0.2, 0) is 32.6 Å². The monoisotopic (exact) mass is 665 g/mol. The quantitative estimate of drug-likeness (QED) is 0.168. The molecule has 0 aliphatic heterocycles. The molecule has 0 bridgehead atoms. The van der Waals surface area contributed by atoms with Crippen molar-refractivity contribution in [3.8, 4) is 0 Å². The lowest BCUT2D eigenvalue weighted by Gasteiger charge is -2.34. The number of para-hydroxylation sites is 1. The molecule has 0 fully saturated rings. The molecule has 0 radical (unpaired) electrons. The van der Waals surface area contributed by atoms with Crippen molar-refractivity contribution in [3.63, 3.8) is 0 Å². The maximum absolute atomic E-state index is 14.5. The number of rotatable bonds is 13. The van der Waals surface area contributed by atoms with E-state index in [1.54, 1.807) is 55.5 Å². The molecule has 10 heteroatoms. The third kappa shape index (κ3) is 8.87. The number of carbonyl (C=O) groups is 2. The predicted octanol–water partition coefficient (Wildman–Crippen LogP) is 6.91. The van der Waals surface area contributed by atoms with Crippen molar-refractivity contribution in [2.24, 2.45) is 5.92 Å². The van der Waals surface area contributed by atoms with E-state index >= 15 is 0 Å². The van der Waals surface area contributed by atoms with Crippen molar-refractivity contribution >= 4 is 50.7 Å². The van der Waals surface area contributed by atoms with Crippen LogP contribution in [0.5, 0.6) is 0 Å². The van der Waals surface area contributed by atoms with Gasteiger partial charge in [0.05, 0.1) is 10.6 Å². The second-order valence-corrected chi connectivity index (χ2v) is 13.9. The average Bonchev–Trinajstić information content (AvgIpc) is 3.02. The molecule has 1 unspecified atom stereocenters. The molecule has 4 aromatic rings. The lowest BCUT2D eigenvalue weighted by Crippen LogP contribution is -2.53. The topological polar surface area (TPSA) is 86.8 Å². The first kappa shape index (κ1) is 34.0. The van der Waals surface area contributed by atoms with Crippen LogP contribution in [0.15, 0.2) is 108 Å². The molecule has 2 amide bonds. The smallest absolute Gasteiger partial charge is 0.264 e. The van der Waals surface area contributed by atoms with Crippen LogP contribution in [0.1, 0.15) is 30.5 Å². The van der Waals surface area contributed by atoms with Crippen molar-refractivity contribution in [2.45, 2.75) is 44.7 Å². The molecule has 0 aromatic heterocycles. The van der Waals surface area contributed by atoms with Gasteiger partial charge in [0.1, 0.15) is 12.6 Å². The van der Waals surface area contributed by atoms with Gasteiger partial charge >= 0.3 is 0 Å². The van der Waals surface area contributed by atoms with Crippen LogP contribution in [0.2, 0.25) is 10.0 Å². The minimum atomic E-state index is -4.23. The molecule has 7 nitrogen and oxygen atoms in total. The fourth-order valence-electron chi connectivity index (χ4n) is 4.88. The SMILES string of the molecule is Cc1ccccc1N(CC(=O)N(Cc1ccccc1Cl)C(Cc1ccccc1)C(=O)NCC(C)C)S(=O)(=O)c1ccc(Cl)cc1. The Bertz CT molecular complexity index is 1710. The highest BCUT2D eigenvalue weighted by Gasteiger charge is 2.35. The molecule has 0 aliphatic rings. The van der Waals surface area contributed by atoms with Crippen molar-refractivity contribution in [3.05, 3.63) is 130 Å². The zero-order valence-corrected chi connectivity index (χ0v) is 27.8. The summed E-state index contributed by atoms with van der Waals surface area (Å²) >= 11 is 12.6. The standard InChI is InChI=1S/C35H37Cl2N3O4S/c1-25(2)22-38-35(42)33(21-27-12-5-4-6-13-27)39(23-28-14-8-9-15-31(28)37)34(41)24-40(32-16-10-7-11-26(32)3)45(43,44)30-19-17-29(36)18-20-30/h4-20,25,33H,21-24H2,1-3H3,(H,38,42). The first-order valence-electron chi connectivity index (χ1n) is 14.7. The van der Waals surface area contributed by atoms with Crippen LogP contribution in [0.25, 0.3) is 0 Å². The van der Waals surface area contributed by atoms with Gasteiger partial charge in [-0.2, -0.15) is 0 Å². The van der Waals surface area contributed by atoms with Gasteiger partial charge in [-0.05, 0) is 65.9 Å². The van der Waals surface area contributed by atoms with Gasteiger partial charge in [-0.15, -0.1) is 0 Å². The number of sulfonamides is 1. The Kier molecular flexibility index (Phi) is 11.7. The van der Waals surface area contributed by atoms with Gasteiger partial charge in [0, 0.05) is 29.6 Å². The van der Waals surface area contributed by atoms with E-state index in [0.29, 0.717) is 33.4 Å². The number of amides is 2. The maximum atomic E-state index is 14.5. The normalized spacial score (nSPS) is 12.0. The van der Waals surface area contributed by atoms with E-state index < -0.39 is 28.5 Å². The molecule has 0 saturated carbocycles. The number of hydrogen-bond acceptors (Lipinski definition) is 4. The number of nitrogens with zero attached hydrogens (tertiary/aromatic N) is 2. The summed E-state index contributed by atoms with van der Waals surface area (Å²) in [5, 5.41) is 3.80. The molecule has 236 valence electrons. The second-order valence-electron chi connectivity index (χ2n) is 11.2. The van der Waals surface area contributed by atoms with Crippen LogP contribution < -0.4 is 9.62 Å². The first-order valence-corrected chi connectivity index (χ1v) is 16.9. The van der Waals surface area contributed by atoms with Gasteiger partial charge in [0.25, 0.3) is 10.0 Å². The highest BCUT2D eigenvalue weighted by Crippen LogP contribution is 2.29. The Morgan fingerprint density at radius 2 is 1.44 bits per heavy atom. The lowest BCUT2D eigenvalue weighted by atomic mass is 10.0. The summed E-state index contributed by atoms with van der Waals surface area (Å²) in [5.74, 6) is -0.715. The summed E-state index contributed by atoms with van der Waals surface area (Å²) in [6, 6.07) is 28.3. The number of halogens is 2. The zero-order valence-electron chi connectivity index (χ0n) is 25.5. The predicted molar refractivity (Wildman–Crippen MR) is 181 cm³/mol. The van der Waals surface area contributed by atoms with E-state index in [2.05, 4.69) is 5.32 Å². The van der Waals surface area contributed by atoms with Gasteiger partial charge in [-0.25, -0.2) is 8.42 Å². The van der Waals surface area contributed by atoms with Gasteiger partial charge in [-0.3, -0.25) is 13.9 Å². The number of hydrogen-bond donors (Lipinski definition) is 1. The van der Waals surface area contributed by atoms with Gasteiger partial charge in [0.2, 0.25) is 11.8 Å². The lowest BCUT2D eigenvalue weighted by molar-refractivity contribution is -0.140. The fourth-order valence-corrected chi connectivity index (χ4v) is 6.68. The second kappa shape index (κ2) is 15.4. The molecule has 1 N–H and O–H groups in total. The number of anilines is 1. The third-order valence-electron chi connectivity index (χ3n) is 7.32. The van der Waals surface area contributed by atoms with E-state index in [-0.39, 0.29) is 29.7 Å². The summed E-state index contributed by atoms with van der Waals surface area (Å²) < 4.78 is 29.4. The first-order chi connectivity index (χ1) is 21.5. The zero-order chi connectivity index (χ0) is 32.6. The molecule has 45 heavy (non-hydrogen) atoms. The molecular formula is C35H37Cl2N3O4S. The summed E-state index contributed by atoms with van der Waals surface area (Å²) in [5.41, 5.74) is 2.49. The summed E-state index contributed by atoms with van der Waals surface area (Å²) in [6.45, 7) is 5.61. The Labute approximate surface area is 275 Å². The number of nitrogens with one attached hydrogen (secondary N) is 1. The van der Waals surface area contributed by atoms with Crippen molar-refractivity contribution in [2.75, 3.05) is 17.4 Å². The van der Waals surface area contributed by atoms with Gasteiger partial charge in [-0.1, -0.05) is 104 Å². The van der Waals surface area contributed by atoms with Crippen LogP contribution in [0.3, 0.4) is 0 Å². The Morgan fingerprint density at radius 1 is 0.822 bits per heavy atom. The maximum Gasteiger partial charge on any atom is 0.264 e. The Balaban J connectivity index is 1.81. The van der Waals surface area contributed by atoms with E-state index in [1.165, 1.54) is 29.2 Å². The van der Waals surface area contributed by atoms with Gasteiger partial charge in [0.15, 0.2) is 0 Å². The van der Waals surface area contributed by atoms with E-state index in [0.717, 1.165) is 9.87 Å². The Hall–Kier alpha value is -3.85. The van der Waals surface area contributed by atoms with E-state index in [4.69, 9.17) is 23.2 Å². The highest BCUT2D eigenvalue weighted by atomic mass is 35.5. The van der Waals surface area contributed by atoms with Crippen LogP contribution in [0, 0.1) is 12.8 Å². The van der Waals surface area contributed by atoms with Crippen molar-refractivity contribution < 1.29 is 18.0 Å². The Morgan fingerprint density at radius 3 is 2.09 bits per heavy atom. The largest absolute Gasteiger partial charge is 0.354 e. The molecule has 0 aliphatic carbocycles. The average molecular weight is 667 g/mol. The van der Waals surface area contributed by atoms with Crippen LogP contribution in [0.4, 0.5) is 5.69 Å². The van der Waals surface area contributed by atoms with Crippen LogP contribution in [-0.4, -0.2) is 44.3 Å². The number of aryl methyl sites for hydroxylation is 1. The minimum absolute atomic E-state index is 0.00624. The molecule has 0 heterocycles. The molecular weight excluding hydrogens is 629 g/mol. The molecule has 1 atom stereocenters. The van der Waals surface area contributed by atoms with E-state index in [9.17, 15) is 18.0 Å². The third-order valence-corrected chi connectivity index (χ3v) is 9.71. The fraction of sp³-hybridized carbons (Fsp3) is 0.257. The number of carbonyl (C=O) groups excluding carboxylic acids is 2. The molecule has 4 rings (SSSR count). The molecule has 0 saturated heterocycles. The van der Waals surface area contributed by atoms with Gasteiger partial charge < -0.3 is 10.2 Å². The molecule has 0 spiro atoms. The summed E-state index contributed by atoms with van der Waals surface area (Å²) in [4.78, 5) is 29.8. The highest BCUT2D eigenvalue weighted by molar-refractivity contribution is 7.92. The summed E-state index contributed by atoms with van der Waals surface area (Å²) in [7, 11) is -4.23. The van der Waals surface area contributed by atoms with Crippen LogP contribution >= 0.6 is 23.2 Å². The summed E-state index contributed by atoms with van der Waals surface area (Å²) in [6.07, 6.45) is 0.218. The van der Waals surface area contributed by atoms with E-state index in [1.807, 2.05) is 44.2 Å².